The first-order valence-electron chi connectivity index (χ1n) is 4.97. The predicted molar refractivity (Wildman–Crippen MR) is 70.7 cm³/mol. The summed E-state index contributed by atoms with van der Waals surface area (Å²) in [7, 11) is 0. The number of carbonyl (C=O) groups is 2. The predicted octanol–water partition coefficient (Wildman–Crippen LogP) is 2.41. The monoisotopic (exact) mass is 356 g/mol. The molecule has 1 aliphatic carbocycles. The molecule has 0 aromatic heterocycles. The maximum absolute atomic E-state index is 10.8. The Kier molecular flexibility index (Phi) is 6.46. The summed E-state index contributed by atoms with van der Waals surface area (Å²) in [5.74, 6) is -0.0995. The minimum absolute atomic E-state index is 0.0517. The summed E-state index contributed by atoms with van der Waals surface area (Å²) in [5, 5.41) is 0. The van der Waals surface area contributed by atoms with Gasteiger partial charge in [0.15, 0.2) is 0 Å². The van der Waals surface area contributed by atoms with Gasteiger partial charge in [0.2, 0.25) is 0 Å². The molecule has 0 aliphatic heterocycles. The molecule has 90 valence electrons. The molecular formula is C10H14IO4P. The van der Waals surface area contributed by atoms with Gasteiger partial charge in [0.05, 0.1) is 12.6 Å². The lowest BCUT2D eigenvalue weighted by Crippen LogP contribution is -2.14. The molecule has 0 amide bonds. The first kappa shape index (κ1) is 14.1. The lowest BCUT2D eigenvalue weighted by Gasteiger charge is -2.13. The maximum atomic E-state index is 10.8. The zero-order valence-electron chi connectivity index (χ0n) is 8.89. The van der Waals surface area contributed by atoms with Gasteiger partial charge in [-0.3, -0.25) is 9.59 Å². The van der Waals surface area contributed by atoms with Gasteiger partial charge in [-0.2, -0.15) is 0 Å². The van der Waals surface area contributed by atoms with Crippen molar-refractivity contribution in [3.63, 3.8) is 0 Å². The van der Waals surface area contributed by atoms with Crippen molar-refractivity contribution in [3.05, 3.63) is 12.2 Å². The minimum atomic E-state index is -0.263. The molecule has 1 saturated carbocycles. The van der Waals surface area contributed by atoms with Crippen molar-refractivity contribution in [1.29, 1.82) is 0 Å². The molecule has 0 bridgehead atoms. The molecule has 1 fully saturated rings. The van der Waals surface area contributed by atoms with E-state index in [4.69, 9.17) is 9.26 Å². The van der Waals surface area contributed by atoms with E-state index in [-0.39, 0.29) is 24.1 Å². The van der Waals surface area contributed by atoms with Gasteiger partial charge in [-0.15, -0.1) is 0 Å². The average molecular weight is 356 g/mol. The quantitative estimate of drug-likeness (QED) is 0.250. The summed E-state index contributed by atoms with van der Waals surface area (Å²) < 4.78 is 10.7. The van der Waals surface area contributed by atoms with Gasteiger partial charge in [0, 0.05) is 19.3 Å². The number of carbonyl (C=O) groups excluding carboxylic acids is 2. The molecule has 0 saturated heterocycles. The molecular weight excluding hydrogens is 342 g/mol. The Morgan fingerprint density at radius 2 is 2.25 bits per heavy atom. The summed E-state index contributed by atoms with van der Waals surface area (Å²) in [5.41, 5.74) is 0. The second kappa shape index (κ2) is 7.35. The number of esters is 1. The molecule has 0 radical (unpaired) electrons. The van der Waals surface area contributed by atoms with E-state index in [0.717, 1.165) is 12.7 Å². The van der Waals surface area contributed by atoms with Crippen molar-refractivity contribution in [1.82, 2.24) is 0 Å². The second-order valence-corrected chi connectivity index (χ2v) is 5.33. The zero-order valence-corrected chi connectivity index (χ0v) is 12.0. The average Bonchev–Trinajstić information content (AvgIpc) is 2.57. The van der Waals surface area contributed by atoms with Crippen LogP contribution in [0.4, 0.5) is 0 Å². The highest BCUT2D eigenvalue weighted by molar-refractivity contribution is 14.2. The van der Waals surface area contributed by atoms with E-state index < -0.39 is 0 Å². The molecule has 4 nitrogen and oxygen atoms in total. The van der Waals surface area contributed by atoms with Crippen molar-refractivity contribution in [3.8, 4) is 0 Å². The van der Waals surface area contributed by atoms with E-state index in [1.165, 1.54) is 13.0 Å². The SMILES string of the molecule is CC(=O)O[C@@H]1CC(/C=C/C=O)[C@H](OPI)C1. The van der Waals surface area contributed by atoms with E-state index in [2.05, 4.69) is 22.0 Å². The van der Waals surface area contributed by atoms with Gasteiger partial charge < -0.3 is 9.26 Å². The number of halogens is 1. The molecule has 2 unspecified atom stereocenters. The number of hydrogen-bond acceptors (Lipinski definition) is 4. The summed E-state index contributed by atoms with van der Waals surface area (Å²) in [6, 6.07) is 0. The van der Waals surface area contributed by atoms with Gasteiger partial charge in [-0.05, 0) is 34.5 Å². The smallest absolute Gasteiger partial charge is 0.302 e. The van der Waals surface area contributed by atoms with E-state index in [1.54, 1.807) is 0 Å². The van der Waals surface area contributed by atoms with Crippen LogP contribution in [-0.2, 0) is 18.8 Å². The molecule has 16 heavy (non-hydrogen) atoms. The van der Waals surface area contributed by atoms with Crippen LogP contribution in [0.25, 0.3) is 0 Å². The van der Waals surface area contributed by atoms with Gasteiger partial charge in [-0.25, -0.2) is 0 Å². The maximum Gasteiger partial charge on any atom is 0.302 e. The van der Waals surface area contributed by atoms with Crippen molar-refractivity contribution in [2.75, 3.05) is 0 Å². The first-order chi connectivity index (χ1) is 7.67. The lowest BCUT2D eigenvalue weighted by atomic mass is 10.1. The fourth-order valence-electron chi connectivity index (χ4n) is 1.90. The zero-order chi connectivity index (χ0) is 12.0. The van der Waals surface area contributed by atoms with Crippen LogP contribution in [0.3, 0.4) is 0 Å². The van der Waals surface area contributed by atoms with Crippen LogP contribution < -0.4 is 0 Å². The Morgan fingerprint density at radius 1 is 1.50 bits per heavy atom. The van der Waals surface area contributed by atoms with E-state index in [0.29, 0.717) is 12.9 Å². The number of allylic oxidation sites excluding steroid dienone is 1. The van der Waals surface area contributed by atoms with Gasteiger partial charge in [0.1, 0.15) is 12.4 Å². The molecule has 0 heterocycles. The van der Waals surface area contributed by atoms with Crippen molar-refractivity contribution in [2.24, 2.45) is 5.92 Å². The Hall–Kier alpha value is -0.000000000000000222. The molecule has 0 spiro atoms. The molecule has 0 N–H and O–H groups in total. The highest BCUT2D eigenvalue weighted by Gasteiger charge is 2.35. The number of hydrogen-bond donors (Lipinski definition) is 0. The van der Waals surface area contributed by atoms with Crippen molar-refractivity contribution < 1.29 is 18.8 Å². The summed E-state index contributed by atoms with van der Waals surface area (Å²) in [6.45, 7) is 1.78. The Labute approximate surface area is 109 Å². The van der Waals surface area contributed by atoms with Crippen LogP contribution in [0, 0.1) is 5.92 Å². The van der Waals surface area contributed by atoms with Crippen LogP contribution >= 0.6 is 28.5 Å². The normalized spacial score (nSPS) is 30.2. The van der Waals surface area contributed by atoms with E-state index >= 15 is 0 Å². The number of ether oxygens (including phenoxy) is 1. The fourth-order valence-corrected chi connectivity index (χ4v) is 3.26. The number of aldehydes is 1. The number of rotatable bonds is 5. The Morgan fingerprint density at radius 3 is 2.81 bits per heavy atom. The second-order valence-electron chi connectivity index (χ2n) is 3.62. The molecule has 0 aromatic carbocycles. The Balaban J connectivity index is 2.56. The molecule has 1 rings (SSSR count). The van der Waals surface area contributed by atoms with Crippen LogP contribution in [0.5, 0.6) is 0 Å². The largest absolute Gasteiger partial charge is 0.462 e. The third kappa shape index (κ3) is 4.47. The van der Waals surface area contributed by atoms with Crippen molar-refractivity contribution >= 4 is 40.7 Å². The third-order valence-electron chi connectivity index (χ3n) is 2.47. The highest BCUT2D eigenvalue weighted by atomic mass is 127. The van der Waals surface area contributed by atoms with Gasteiger partial charge in [0.25, 0.3) is 0 Å². The summed E-state index contributed by atoms with van der Waals surface area (Å²) >= 11 is 2.16. The standard InChI is InChI=1S/C10H14IO4P/c1-7(13)14-9-5-8(3-2-4-12)10(6-9)15-16-11/h2-4,8-10,16H,5-6H2,1H3/b3-2+/t8?,9-,10-/m1/s1. The third-order valence-corrected chi connectivity index (χ3v) is 3.63. The molecule has 4 atom stereocenters. The topological polar surface area (TPSA) is 52.6 Å². The first-order valence-corrected chi connectivity index (χ1v) is 9.00. The van der Waals surface area contributed by atoms with Gasteiger partial charge in [-0.1, -0.05) is 6.08 Å². The lowest BCUT2D eigenvalue weighted by molar-refractivity contribution is -0.146. The Bertz CT molecular complexity index is 282. The molecule has 0 aromatic rings. The van der Waals surface area contributed by atoms with Crippen molar-refractivity contribution in [2.45, 2.75) is 32.0 Å². The van der Waals surface area contributed by atoms with Crippen LogP contribution in [0.1, 0.15) is 19.8 Å². The van der Waals surface area contributed by atoms with E-state index in [1.807, 2.05) is 6.08 Å². The fraction of sp³-hybridized carbons (Fsp3) is 0.600. The summed E-state index contributed by atoms with van der Waals surface area (Å²) in [6.07, 6.45) is 5.47. The van der Waals surface area contributed by atoms with Crippen LogP contribution in [0.2, 0.25) is 0 Å². The molecule has 1 aliphatic rings. The van der Waals surface area contributed by atoms with Crippen LogP contribution in [-0.4, -0.2) is 24.5 Å². The van der Waals surface area contributed by atoms with E-state index in [9.17, 15) is 9.59 Å². The minimum Gasteiger partial charge on any atom is -0.462 e. The highest BCUT2D eigenvalue weighted by Crippen LogP contribution is 2.37. The van der Waals surface area contributed by atoms with Crippen LogP contribution in [0.15, 0.2) is 12.2 Å². The summed E-state index contributed by atoms with van der Waals surface area (Å²) in [4.78, 5) is 21.1. The van der Waals surface area contributed by atoms with Gasteiger partial charge >= 0.3 is 5.97 Å². The molecule has 6 heteroatoms.